The summed E-state index contributed by atoms with van der Waals surface area (Å²) in [7, 11) is 1.69. The number of unbranched alkanes of at least 4 members (excludes halogenated alkanes) is 1. The normalized spacial score (nSPS) is 11.6. The van der Waals surface area contributed by atoms with E-state index in [4.69, 9.17) is 14.5 Å². The van der Waals surface area contributed by atoms with Gasteiger partial charge in [-0.25, -0.2) is 0 Å². The van der Waals surface area contributed by atoms with Gasteiger partial charge in [0, 0.05) is 39.3 Å². The standard InChI is InChI=1S/C25H37N3O2/c1-3-26-25(27-17-10-11-19-30-21-20-29-2)28-18-16-24(22-12-6-4-7-13-22)23-14-8-5-9-15-23/h4-9,12-15,24H,3,10-11,16-21H2,1-2H3,(H2,26,27,28). The molecule has 2 rings (SSSR count). The molecule has 0 radical (unpaired) electrons. The number of nitrogens with one attached hydrogen (secondary N) is 2. The first kappa shape index (κ1) is 23.9. The van der Waals surface area contributed by atoms with E-state index in [0.717, 1.165) is 51.5 Å². The molecule has 0 aliphatic heterocycles. The molecular formula is C25H37N3O2. The first-order valence-corrected chi connectivity index (χ1v) is 11.0. The van der Waals surface area contributed by atoms with Crippen molar-refractivity contribution in [2.75, 3.05) is 46.6 Å². The average molecular weight is 412 g/mol. The van der Waals surface area contributed by atoms with E-state index >= 15 is 0 Å². The van der Waals surface area contributed by atoms with Crippen molar-refractivity contribution in [2.45, 2.75) is 32.1 Å². The molecule has 0 saturated heterocycles. The van der Waals surface area contributed by atoms with Gasteiger partial charge in [-0.2, -0.15) is 0 Å². The van der Waals surface area contributed by atoms with Gasteiger partial charge in [0.2, 0.25) is 0 Å². The summed E-state index contributed by atoms with van der Waals surface area (Å²) in [6.45, 7) is 6.68. The van der Waals surface area contributed by atoms with Gasteiger partial charge in [0.05, 0.1) is 13.2 Å². The number of rotatable bonds is 14. The van der Waals surface area contributed by atoms with Crippen LogP contribution in [-0.2, 0) is 9.47 Å². The molecule has 0 bridgehead atoms. The minimum Gasteiger partial charge on any atom is -0.382 e. The predicted molar refractivity (Wildman–Crippen MR) is 125 cm³/mol. The maximum atomic E-state index is 5.50. The van der Waals surface area contributed by atoms with Gasteiger partial charge in [-0.05, 0) is 37.3 Å². The van der Waals surface area contributed by atoms with Crippen LogP contribution in [0.2, 0.25) is 0 Å². The van der Waals surface area contributed by atoms with Gasteiger partial charge in [0.1, 0.15) is 0 Å². The van der Waals surface area contributed by atoms with Crippen LogP contribution < -0.4 is 10.6 Å². The van der Waals surface area contributed by atoms with Crippen LogP contribution in [0.4, 0.5) is 0 Å². The highest BCUT2D eigenvalue weighted by atomic mass is 16.5. The predicted octanol–water partition coefficient (Wildman–Crippen LogP) is 4.21. The summed E-state index contributed by atoms with van der Waals surface area (Å²) in [5.74, 6) is 1.25. The number of nitrogens with zero attached hydrogens (tertiary/aromatic N) is 1. The molecule has 0 saturated carbocycles. The maximum absolute atomic E-state index is 5.50. The van der Waals surface area contributed by atoms with Crippen molar-refractivity contribution in [1.29, 1.82) is 0 Å². The summed E-state index contributed by atoms with van der Waals surface area (Å²) >= 11 is 0. The van der Waals surface area contributed by atoms with E-state index in [1.165, 1.54) is 11.1 Å². The maximum Gasteiger partial charge on any atom is 0.191 e. The second kappa shape index (κ2) is 15.5. The molecular weight excluding hydrogens is 374 g/mol. The van der Waals surface area contributed by atoms with E-state index < -0.39 is 0 Å². The lowest BCUT2D eigenvalue weighted by atomic mass is 9.88. The van der Waals surface area contributed by atoms with Crippen molar-refractivity contribution in [3.8, 4) is 0 Å². The highest BCUT2D eigenvalue weighted by Gasteiger charge is 2.13. The fourth-order valence-corrected chi connectivity index (χ4v) is 3.32. The Hall–Kier alpha value is -2.37. The van der Waals surface area contributed by atoms with Crippen molar-refractivity contribution >= 4 is 5.96 Å². The van der Waals surface area contributed by atoms with Gasteiger partial charge in [0.25, 0.3) is 0 Å². The van der Waals surface area contributed by atoms with Crippen molar-refractivity contribution in [2.24, 2.45) is 4.99 Å². The molecule has 0 aliphatic rings. The third-order valence-corrected chi connectivity index (χ3v) is 4.87. The fourth-order valence-electron chi connectivity index (χ4n) is 3.32. The summed E-state index contributed by atoms with van der Waals surface area (Å²) in [6.07, 6.45) is 3.03. The second-order valence-corrected chi connectivity index (χ2v) is 7.16. The molecule has 2 aromatic carbocycles. The summed E-state index contributed by atoms with van der Waals surface area (Å²) < 4.78 is 10.5. The van der Waals surface area contributed by atoms with E-state index in [0.29, 0.717) is 19.1 Å². The molecule has 30 heavy (non-hydrogen) atoms. The molecule has 2 N–H and O–H groups in total. The Labute approximate surface area is 181 Å². The molecule has 0 aliphatic carbocycles. The Bertz CT molecular complexity index is 653. The van der Waals surface area contributed by atoms with E-state index in [2.05, 4.69) is 78.2 Å². The van der Waals surface area contributed by atoms with Gasteiger partial charge in [-0.3, -0.25) is 4.99 Å². The Balaban J connectivity index is 1.82. The van der Waals surface area contributed by atoms with Gasteiger partial charge >= 0.3 is 0 Å². The van der Waals surface area contributed by atoms with E-state index in [1.54, 1.807) is 7.11 Å². The minimum absolute atomic E-state index is 0.368. The third-order valence-electron chi connectivity index (χ3n) is 4.87. The molecule has 0 amide bonds. The molecule has 0 spiro atoms. The Morgan fingerprint density at radius 1 is 0.867 bits per heavy atom. The van der Waals surface area contributed by atoms with Crippen LogP contribution in [0.1, 0.15) is 43.2 Å². The lowest BCUT2D eigenvalue weighted by Gasteiger charge is -2.19. The van der Waals surface area contributed by atoms with Crippen LogP contribution in [0.15, 0.2) is 65.7 Å². The molecule has 0 atom stereocenters. The minimum atomic E-state index is 0.368. The average Bonchev–Trinajstić information content (AvgIpc) is 2.79. The number of hydrogen-bond acceptors (Lipinski definition) is 3. The highest BCUT2D eigenvalue weighted by molar-refractivity contribution is 5.79. The number of benzene rings is 2. The number of guanidine groups is 1. The lowest BCUT2D eigenvalue weighted by Crippen LogP contribution is -2.38. The van der Waals surface area contributed by atoms with Crippen molar-refractivity contribution < 1.29 is 9.47 Å². The van der Waals surface area contributed by atoms with Crippen LogP contribution >= 0.6 is 0 Å². The zero-order chi connectivity index (χ0) is 21.3. The monoisotopic (exact) mass is 411 g/mol. The zero-order valence-electron chi connectivity index (χ0n) is 18.5. The van der Waals surface area contributed by atoms with E-state index in [9.17, 15) is 0 Å². The summed E-state index contributed by atoms with van der Waals surface area (Å²) in [4.78, 5) is 4.70. The number of ether oxygens (including phenoxy) is 2. The quantitative estimate of drug-likeness (QED) is 0.278. The number of hydrogen-bond donors (Lipinski definition) is 2. The first-order valence-electron chi connectivity index (χ1n) is 11.0. The summed E-state index contributed by atoms with van der Waals surface area (Å²) in [6, 6.07) is 21.5. The van der Waals surface area contributed by atoms with Gasteiger partial charge < -0.3 is 20.1 Å². The van der Waals surface area contributed by atoms with Crippen molar-refractivity contribution in [3.63, 3.8) is 0 Å². The Morgan fingerprint density at radius 3 is 2.13 bits per heavy atom. The van der Waals surface area contributed by atoms with E-state index in [-0.39, 0.29) is 0 Å². The molecule has 0 fully saturated rings. The molecule has 164 valence electrons. The first-order chi connectivity index (χ1) is 14.8. The van der Waals surface area contributed by atoms with Crippen molar-refractivity contribution in [3.05, 3.63) is 71.8 Å². The highest BCUT2D eigenvalue weighted by Crippen LogP contribution is 2.27. The topological polar surface area (TPSA) is 54.9 Å². The summed E-state index contributed by atoms with van der Waals surface area (Å²) in [5.41, 5.74) is 2.70. The molecule has 5 heteroatoms. The van der Waals surface area contributed by atoms with Crippen LogP contribution in [0.25, 0.3) is 0 Å². The van der Waals surface area contributed by atoms with Crippen LogP contribution in [0, 0.1) is 0 Å². The summed E-state index contributed by atoms with van der Waals surface area (Å²) in [5, 5.41) is 6.85. The lowest BCUT2D eigenvalue weighted by molar-refractivity contribution is 0.0690. The van der Waals surface area contributed by atoms with Gasteiger partial charge in [-0.1, -0.05) is 60.7 Å². The molecule has 0 unspecified atom stereocenters. The van der Waals surface area contributed by atoms with Gasteiger partial charge in [-0.15, -0.1) is 0 Å². The van der Waals surface area contributed by atoms with E-state index in [1.807, 2.05) is 0 Å². The zero-order valence-corrected chi connectivity index (χ0v) is 18.5. The largest absolute Gasteiger partial charge is 0.382 e. The van der Waals surface area contributed by atoms with Crippen LogP contribution in [0.5, 0.6) is 0 Å². The Morgan fingerprint density at radius 2 is 1.53 bits per heavy atom. The Kier molecular flexibility index (Phi) is 12.3. The molecule has 0 aromatic heterocycles. The fraction of sp³-hybridized carbons (Fsp3) is 0.480. The molecule has 5 nitrogen and oxygen atoms in total. The molecule has 0 heterocycles. The number of methoxy groups -OCH3 is 1. The smallest absolute Gasteiger partial charge is 0.191 e. The van der Waals surface area contributed by atoms with Gasteiger partial charge in [0.15, 0.2) is 5.96 Å². The second-order valence-electron chi connectivity index (χ2n) is 7.16. The number of aliphatic imine (C=N–C) groups is 1. The SMILES string of the molecule is CCNC(=NCCCCOCCOC)NCCC(c1ccccc1)c1ccccc1. The molecule has 2 aromatic rings. The van der Waals surface area contributed by atoms with Crippen molar-refractivity contribution in [1.82, 2.24) is 10.6 Å². The van der Waals surface area contributed by atoms with Crippen LogP contribution in [0.3, 0.4) is 0 Å². The third kappa shape index (κ3) is 9.42. The van der Waals surface area contributed by atoms with Crippen LogP contribution in [-0.4, -0.2) is 52.5 Å².